The summed E-state index contributed by atoms with van der Waals surface area (Å²) in [5, 5.41) is 3.89. The van der Waals surface area contributed by atoms with E-state index in [-0.39, 0.29) is 5.91 Å². The summed E-state index contributed by atoms with van der Waals surface area (Å²) in [6.45, 7) is 0. The van der Waals surface area contributed by atoms with Gasteiger partial charge in [-0.05, 0) is 24.3 Å². The second-order valence-electron chi connectivity index (χ2n) is 3.33. The lowest BCUT2D eigenvalue weighted by Crippen LogP contribution is -2.12. The van der Waals surface area contributed by atoms with Crippen LogP contribution in [0.4, 0.5) is 0 Å². The molecule has 5 nitrogen and oxygen atoms in total. The van der Waals surface area contributed by atoms with Gasteiger partial charge in [-0.25, -0.2) is 4.68 Å². The van der Waals surface area contributed by atoms with E-state index in [9.17, 15) is 4.79 Å². The second-order valence-corrected chi connectivity index (χ2v) is 3.33. The molecule has 0 unspecified atom stereocenters. The topological polar surface area (TPSA) is 53.4 Å². The molecule has 0 fully saturated rings. The number of carbonyl (C=O) groups is 1. The summed E-state index contributed by atoms with van der Waals surface area (Å²) in [7, 11) is 3.08. The molecule has 0 spiro atoms. The molecule has 1 heterocycles. The van der Waals surface area contributed by atoms with Crippen LogP contribution in [0.25, 0.3) is 0 Å². The van der Waals surface area contributed by atoms with Gasteiger partial charge >= 0.3 is 0 Å². The minimum absolute atomic E-state index is 0.212. The van der Waals surface area contributed by atoms with E-state index >= 15 is 0 Å². The maximum absolute atomic E-state index is 12.0. The predicted molar refractivity (Wildman–Crippen MR) is 61.5 cm³/mol. The molecule has 2 rings (SSSR count). The second kappa shape index (κ2) is 4.69. The third kappa shape index (κ3) is 2.13. The molecule has 1 aromatic heterocycles. The van der Waals surface area contributed by atoms with E-state index in [1.165, 1.54) is 11.8 Å². The predicted octanol–water partition coefficient (Wildman–Crippen LogP) is 1.59. The van der Waals surface area contributed by atoms with Gasteiger partial charge in [0.2, 0.25) is 0 Å². The van der Waals surface area contributed by atoms with Gasteiger partial charge in [0.05, 0.1) is 14.2 Å². The first kappa shape index (κ1) is 11.2. The van der Waals surface area contributed by atoms with Gasteiger partial charge in [0, 0.05) is 18.0 Å². The molecule has 0 amide bonds. The van der Waals surface area contributed by atoms with Crippen molar-refractivity contribution < 1.29 is 14.3 Å². The van der Waals surface area contributed by atoms with E-state index in [0.29, 0.717) is 17.1 Å². The van der Waals surface area contributed by atoms with E-state index in [2.05, 4.69) is 5.10 Å². The minimum Gasteiger partial charge on any atom is -0.493 e. The average Bonchev–Trinajstić information content (AvgIpc) is 2.90. The number of carbonyl (C=O) groups excluding carboxylic acids is 1. The highest BCUT2D eigenvalue weighted by Gasteiger charge is 2.12. The number of hydrogen-bond donors (Lipinski definition) is 0. The molecular formula is C12H12N2O3. The zero-order valence-corrected chi connectivity index (χ0v) is 9.58. The van der Waals surface area contributed by atoms with Gasteiger partial charge in [-0.1, -0.05) is 0 Å². The summed E-state index contributed by atoms with van der Waals surface area (Å²) in [4.78, 5) is 12.0. The fourth-order valence-corrected chi connectivity index (χ4v) is 1.49. The van der Waals surface area contributed by atoms with E-state index in [1.54, 1.807) is 43.8 Å². The number of aromatic nitrogens is 2. The number of nitrogens with zero attached hydrogens (tertiary/aromatic N) is 2. The molecule has 0 saturated carbocycles. The van der Waals surface area contributed by atoms with Crippen molar-refractivity contribution in [3.8, 4) is 11.5 Å². The Hall–Kier alpha value is -2.30. The van der Waals surface area contributed by atoms with Gasteiger partial charge in [-0.2, -0.15) is 5.10 Å². The Labute approximate surface area is 98.6 Å². The van der Waals surface area contributed by atoms with Crippen molar-refractivity contribution in [1.29, 1.82) is 0 Å². The van der Waals surface area contributed by atoms with Crippen LogP contribution in [0.1, 0.15) is 10.4 Å². The minimum atomic E-state index is -0.212. The molecule has 0 aliphatic heterocycles. The van der Waals surface area contributed by atoms with Gasteiger partial charge in [-0.3, -0.25) is 4.79 Å². The highest BCUT2D eigenvalue weighted by molar-refractivity contribution is 5.95. The Bertz CT molecular complexity index is 521. The van der Waals surface area contributed by atoms with Gasteiger partial charge in [-0.15, -0.1) is 0 Å². The van der Waals surface area contributed by atoms with Crippen molar-refractivity contribution in [2.24, 2.45) is 0 Å². The molecule has 1 aromatic carbocycles. The lowest BCUT2D eigenvalue weighted by Gasteiger charge is -2.08. The van der Waals surface area contributed by atoms with Gasteiger partial charge in [0.25, 0.3) is 5.91 Å². The van der Waals surface area contributed by atoms with E-state index in [1.807, 2.05) is 0 Å². The molecule has 0 atom stereocenters. The van der Waals surface area contributed by atoms with Gasteiger partial charge in [0.1, 0.15) is 0 Å². The number of hydrogen-bond acceptors (Lipinski definition) is 4. The molecule has 0 aliphatic carbocycles. The summed E-state index contributed by atoms with van der Waals surface area (Å²) >= 11 is 0. The number of benzene rings is 1. The van der Waals surface area contributed by atoms with Crippen LogP contribution in [0.15, 0.2) is 36.7 Å². The number of ether oxygens (including phenoxy) is 2. The zero-order valence-electron chi connectivity index (χ0n) is 9.58. The first-order valence-corrected chi connectivity index (χ1v) is 5.02. The maximum Gasteiger partial charge on any atom is 0.278 e. The SMILES string of the molecule is COc1ccc(C(=O)n2cccn2)cc1OC. The lowest BCUT2D eigenvalue weighted by atomic mass is 10.2. The van der Waals surface area contributed by atoms with Crippen LogP contribution >= 0.6 is 0 Å². The first-order chi connectivity index (χ1) is 8.26. The van der Waals surface area contributed by atoms with Gasteiger partial charge < -0.3 is 9.47 Å². The summed E-state index contributed by atoms with van der Waals surface area (Å²) < 4.78 is 11.5. The molecule has 88 valence electrons. The van der Waals surface area contributed by atoms with Crippen LogP contribution in [0, 0.1) is 0 Å². The van der Waals surface area contributed by atoms with E-state index in [0.717, 1.165) is 0 Å². The highest BCUT2D eigenvalue weighted by Crippen LogP contribution is 2.27. The molecule has 5 heteroatoms. The summed E-state index contributed by atoms with van der Waals surface area (Å²) in [5.74, 6) is 0.894. The summed E-state index contributed by atoms with van der Waals surface area (Å²) in [6.07, 6.45) is 3.15. The third-order valence-corrected chi connectivity index (χ3v) is 2.34. The Kier molecular flexibility index (Phi) is 3.09. The highest BCUT2D eigenvalue weighted by atomic mass is 16.5. The van der Waals surface area contributed by atoms with Crippen LogP contribution in [-0.2, 0) is 0 Å². The van der Waals surface area contributed by atoms with Crippen molar-refractivity contribution in [1.82, 2.24) is 9.78 Å². The van der Waals surface area contributed by atoms with Gasteiger partial charge in [0.15, 0.2) is 11.5 Å². The first-order valence-electron chi connectivity index (χ1n) is 5.02. The Balaban J connectivity index is 2.37. The van der Waals surface area contributed by atoms with Crippen LogP contribution < -0.4 is 9.47 Å². The number of rotatable bonds is 3. The monoisotopic (exact) mass is 232 g/mol. The molecule has 0 aliphatic rings. The summed E-state index contributed by atoms with van der Waals surface area (Å²) in [6, 6.07) is 6.68. The lowest BCUT2D eigenvalue weighted by molar-refractivity contribution is 0.0944. The smallest absolute Gasteiger partial charge is 0.278 e. The molecule has 17 heavy (non-hydrogen) atoms. The normalized spacial score (nSPS) is 10.0. The van der Waals surface area contributed by atoms with E-state index in [4.69, 9.17) is 9.47 Å². The van der Waals surface area contributed by atoms with Crippen LogP contribution in [-0.4, -0.2) is 29.9 Å². The third-order valence-electron chi connectivity index (χ3n) is 2.34. The van der Waals surface area contributed by atoms with Crippen LogP contribution in [0.5, 0.6) is 11.5 Å². The quantitative estimate of drug-likeness (QED) is 0.806. The molecule has 0 saturated heterocycles. The van der Waals surface area contributed by atoms with Crippen LogP contribution in [0.3, 0.4) is 0 Å². The molecule has 0 radical (unpaired) electrons. The van der Waals surface area contributed by atoms with Crippen LogP contribution in [0.2, 0.25) is 0 Å². The molecule has 0 bridgehead atoms. The van der Waals surface area contributed by atoms with Crippen molar-refractivity contribution in [3.05, 3.63) is 42.2 Å². The van der Waals surface area contributed by atoms with E-state index < -0.39 is 0 Å². The summed E-state index contributed by atoms with van der Waals surface area (Å²) in [5.41, 5.74) is 0.492. The fourth-order valence-electron chi connectivity index (χ4n) is 1.49. The Morgan fingerprint density at radius 2 is 2.00 bits per heavy atom. The van der Waals surface area contributed by atoms with Crippen molar-refractivity contribution in [3.63, 3.8) is 0 Å². The standard InChI is InChI=1S/C12H12N2O3/c1-16-10-5-4-9(8-11(10)17-2)12(15)14-7-3-6-13-14/h3-8H,1-2H3. The van der Waals surface area contributed by atoms with Crippen molar-refractivity contribution >= 4 is 5.91 Å². The Morgan fingerprint density at radius 3 is 2.59 bits per heavy atom. The molecule has 2 aromatic rings. The average molecular weight is 232 g/mol. The Morgan fingerprint density at radius 1 is 1.24 bits per heavy atom. The van der Waals surface area contributed by atoms with Crippen molar-refractivity contribution in [2.45, 2.75) is 0 Å². The van der Waals surface area contributed by atoms with Crippen molar-refractivity contribution in [2.75, 3.05) is 14.2 Å². The molecule has 0 N–H and O–H groups in total. The fraction of sp³-hybridized carbons (Fsp3) is 0.167. The largest absolute Gasteiger partial charge is 0.493 e. The number of methoxy groups -OCH3 is 2. The zero-order chi connectivity index (χ0) is 12.3. The molecular weight excluding hydrogens is 220 g/mol. The maximum atomic E-state index is 12.0.